The van der Waals surface area contributed by atoms with Gasteiger partial charge < -0.3 is 5.32 Å². The van der Waals surface area contributed by atoms with Crippen LogP contribution in [0.1, 0.15) is 22.2 Å². The molecule has 1 N–H and O–H groups in total. The number of nitrogens with one attached hydrogen (secondary N) is 1. The van der Waals surface area contributed by atoms with Crippen LogP contribution in [0.2, 0.25) is 0 Å². The maximum atomic E-state index is 10.8. The summed E-state index contributed by atoms with van der Waals surface area (Å²) in [6.45, 7) is 4.69. The first kappa shape index (κ1) is 13.5. The summed E-state index contributed by atoms with van der Waals surface area (Å²) in [5.74, 6) is 0. The van der Waals surface area contributed by atoms with Crippen LogP contribution < -0.4 is 5.32 Å². The van der Waals surface area contributed by atoms with Gasteiger partial charge in [-0.25, -0.2) is 0 Å². The quantitative estimate of drug-likeness (QED) is 0.659. The number of non-ortho nitro benzene ring substituents is 1. The highest BCUT2D eigenvalue weighted by Gasteiger charge is 2.08. The average Bonchev–Trinajstić information content (AvgIpc) is 2.83. The van der Waals surface area contributed by atoms with Crippen molar-refractivity contribution in [3.8, 4) is 0 Å². The fourth-order valence-corrected chi connectivity index (χ4v) is 2.76. The van der Waals surface area contributed by atoms with Gasteiger partial charge in [0.2, 0.25) is 0 Å². The molecule has 0 radical (unpaired) electrons. The molecule has 0 saturated heterocycles. The highest BCUT2D eigenvalue weighted by molar-refractivity contribution is 7.12. The molecule has 0 saturated carbocycles. The second-order valence-corrected chi connectivity index (χ2v) is 5.64. The molecule has 2 rings (SSSR count). The van der Waals surface area contributed by atoms with Crippen LogP contribution in [0.5, 0.6) is 0 Å². The lowest BCUT2D eigenvalue weighted by molar-refractivity contribution is -0.384. The van der Waals surface area contributed by atoms with Gasteiger partial charge in [-0.3, -0.25) is 10.1 Å². The SMILES string of the molecule is CCc1ccc(CNc2cc(C)cc([N+](=O)[O-])c2)s1. The molecule has 0 spiro atoms. The number of hydrogen-bond donors (Lipinski definition) is 1. The first-order valence-corrected chi connectivity index (χ1v) is 6.97. The van der Waals surface area contributed by atoms with Crippen molar-refractivity contribution in [2.24, 2.45) is 0 Å². The van der Waals surface area contributed by atoms with E-state index in [0.29, 0.717) is 6.54 Å². The van der Waals surface area contributed by atoms with Crippen molar-refractivity contribution < 1.29 is 4.92 Å². The van der Waals surface area contributed by atoms with Crippen LogP contribution in [0.15, 0.2) is 30.3 Å². The van der Waals surface area contributed by atoms with Gasteiger partial charge >= 0.3 is 0 Å². The molecule has 1 aromatic carbocycles. The van der Waals surface area contributed by atoms with Crippen molar-refractivity contribution in [3.05, 3.63) is 55.8 Å². The van der Waals surface area contributed by atoms with Crippen molar-refractivity contribution in [2.75, 3.05) is 5.32 Å². The van der Waals surface area contributed by atoms with Crippen LogP contribution in [0.3, 0.4) is 0 Å². The summed E-state index contributed by atoms with van der Waals surface area (Å²) in [6, 6.07) is 9.29. The van der Waals surface area contributed by atoms with Gasteiger partial charge in [-0.2, -0.15) is 0 Å². The summed E-state index contributed by atoms with van der Waals surface area (Å²) < 4.78 is 0. The van der Waals surface area contributed by atoms with Gasteiger partial charge in [0.1, 0.15) is 0 Å². The van der Waals surface area contributed by atoms with Crippen LogP contribution in [-0.2, 0) is 13.0 Å². The Morgan fingerprint density at radius 2 is 2.00 bits per heavy atom. The number of hydrogen-bond acceptors (Lipinski definition) is 4. The van der Waals surface area contributed by atoms with E-state index in [1.54, 1.807) is 23.5 Å². The Labute approximate surface area is 116 Å². The van der Waals surface area contributed by atoms with Crippen molar-refractivity contribution in [1.29, 1.82) is 0 Å². The van der Waals surface area contributed by atoms with E-state index in [2.05, 4.69) is 24.4 Å². The summed E-state index contributed by atoms with van der Waals surface area (Å²) >= 11 is 1.77. The lowest BCUT2D eigenvalue weighted by atomic mass is 10.2. The van der Waals surface area contributed by atoms with Gasteiger partial charge in [0.25, 0.3) is 5.69 Å². The Kier molecular flexibility index (Phi) is 4.16. The summed E-state index contributed by atoms with van der Waals surface area (Å²) in [7, 11) is 0. The molecule has 100 valence electrons. The Balaban J connectivity index is 2.08. The van der Waals surface area contributed by atoms with Gasteiger partial charge in [-0.15, -0.1) is 11.3 Å². The lowest BCUT2D eigenvalue weighted by Gasteiger charge is -2.06. The Bertz CT molecular complexity index is 593. The first-order chi connectivity index (χ1) is 9.08. The second kappa shape index (κ2) is 5.84. The van der Waals surface area contributed by atoms with E-state index in [4.69, 9.17) is 0 Å². The fourth-order valence-electron chi connectivity index (χ4n) is 1.87. The Morgan fingerprint density at radius 1 is 1.26 bits per heavy atom. The predicted octanol–water partition coefficient (Wildman–Crippen LogP) is 4.14. The topological polar surface area (TPSA) is 55.2 Å². The third-order valence-electron chi connectivity index (χ3n) is 2.81. The van der Waals surface area contributed by atoms with E-state index in [1.807, 2.05) is 13.0 Å². The highest BCUT2D eigenvalue weighted by Crippen LogP contribution is 2.22. The van der Waals surface area contributed by atoms with Crippen LogP contribution >= 0.6 is 11.3 Å². The molecule has 4 nitrogen and oxygen atoms in total. The van der Waals surface area contributed by atoms with Gasteiger partial charge in [0.15, 0.2) is 0 Å². The second-order valence-electron chi connectivity index (χ2n) is 4.39. The van der Waals surface area contributed by atoms with Gasteiger partial charge in [-0.05, 0) is 37.1 Å². The number of benzene rings is 1. The first-order valence-electron chi connectivity index (χ1n) is 6.16. The number of nitro groups is 1. The standard InChI is InChI=1S/C14H16N2O2S/c1-3-13-4-5-14(19-13)9-15-11-6-10(2)7-12(8-11)16(17)18/h4-8,15H,3,9H2,1-2H3. The van der Waals surface area contributed by atoms with E-state index in [-0.39, 0.29) is 10.6 Å². The molecule has 0 amide bonds. The van der Waals surface area contributed by atoms with Crippen LogP contribution in [0.4, 0.5) is 11.4 Å². The van der Waals surface area contributed by atoms with E-state index in [9.17, 15) is 10.1 Å². The molecule has 0 aliphatic carbocycles. The third-order valence-corrected chi connectivity index (χ3v) is 4.03. The third kappa shape index (κ3) is 3.54. The summed E-state index contributed by atoms with van der Waals surface area (Å²) in [5, 5.41) is 14.0. The van der Waals surface area contributed by atoms with Gasteiger partial charge in [-0.1, -0.05) is 6.92 Å². The number of anilines is 1. The van der Waals surface area contributed by atoms with E-state index in [1.165, 1.54) is 9.75 Å². The molecule has 0 aliphatic heterocycles. The minimum atomic E-state index is -0.363. The van der Waals surface area contributed by atoms with Crippen LogP contribution in [-0.4, -0.2) is 4.92 Å². The summed E-state index contributed by atoms with van der Waals surface area (Å²) in [6.07, 6.45) is 1.04. The van der Waals surface area contributed by atoms with E-state index >= 15 is 0 Å². The number of thiophene rings is 1. The summed E-state index contributed by atoms with van der Waals surface area (Å²) in [4.78, 5) is 13.0. The van der Waals surface area contributed by atoms with Crippen molar-refractivity contribution in [1.82, 2.24) is 0 Å². The minimum Gasteiger partial charge on any atom is -0.380 e. The van der Waals surface area contributed by atoms with Crippen molar-refractivity contribution in [2.45, 2.75) is 26.8 Å². The maximum Gasteiger partial charge on any atom is 0.271 e. The molecule has 1 heterocycles. The molecule has 5 heteroatoms. The predicted molar refractivity (Wildman–Crippen MR) is 78.9 cm³/mol. The zero-order chi connectivity index (χ0) is 13.8. The molecule has 19 heavy (non-hydrogen) atoms. The molecule has 1 aromatic heterocycles. The van der Waals surface area contributed by atoms with Crippen molar-refractivity contribution in [3.63, 3.8) is 0 Å². The van der Waals surface area contributed by atoms with E-state index < -0.39 is 0 Å². The maximum absolute atomic E-state index is 10.8. The van der Waals surface area contributed by atoms with Crippen LogP contribution in [0, 0.1) is 17.0 Å². The molecule has 0 aliphatic rings. The Hall–Kier alpha value is -1.88. The highest BCUT2D eigenvalue weighted by atomic mass is 32.1. The van der Waals surface area contributed by atoms with E-state index in [0.717, 1.165) is 17.7 Å². The average molecular weight is 276 g/mol. The molecular weight excluding hydrogens is 260 g/mol. The Morgan fingerprint density at radius 3 is 2.63 bits per heavy atom. The van der Waals surface area contributed by atoms with Crippen LogP contribution in [0.25, 0.3) is 0 Å². The summed E-state index contributed by atoms with van der Waals surface area (Å²) in [5.41, 5.74) is 1.80. The number of nitro benzene ring substituents is 1. The normalized spacial score (nSPS) is 10.4. The van der Waals surface area contributed by atoms with Crippen molar-refractivity contribution >= 4 is 22.7 Å². The fraction of sp³-hybridized carbons (Fsp3) is 0.286. The number of nitrogens with zero attached hydrogens (tertiary/aromatic N) is 1. The molecule has 0 fully saturated rings. The zero-order valence-corrected chi connectivity index (χ0v) is 11.8. The lowest BCUT2D eigenvalue weighted by Crippen LogP contribution is -1.99. The zero-order valence-electron chi connectivity index (χ0n) is 11.0. The largest absolute Gasteiger partial charge is 0.380 e. The number of aryl methyl sites for hydroxylation is 2. The molecule has 0 unspecified atom stereocenters. The van der Waals surface area contributed by atoms with Gasteiger partial charge in [0.05, 0.1) is 4.92 Å². The smallest absolute Gasteiger partial charge is 0.271 e. The molecule has 2 aromatic rings. The molecule has 0 bridgehead atoms. The van der Waals surface area contributed by atoms with Gasteiger partial charge in [0, 0.05) is 34.1 Å². The monoisotopic (exact) mass is 276 g/mol. The number of rotatable bonds is 5. The minimum absolute atomic E-state index is 0.128. The molecular formula is C14H16N2O2S. The molecule has 0 atom stereocenters.